The Morgan fingerprint density at radius 2 is 1.04 bits per heavy atom. The smallest absolute Gasteiger partial charge is 0.300 e. The Labute approximate surface area is 146 Å². The standard InChI is InChI=1S/C13H29N3.2C2H4O2/c1-2-3-4-5-6-7-8-9-10-11-12-16-13(14)15;2*1-2(3)4/h2-12H2,1H3,(H4,14,15,16);2*1H3,(H,3,4). The molecular weight excluding hydrogens is 310 g/mol. The van der Waals surface area contributed by atoms with Crippen LogP contribution in [-0.4, -0.2) is 34.7 Å². The van der Waals surface area contributed by atoms with E-state index < -0.39 is 11.9 Å². The zero-order valence-corrected chi connectivity index (χ0v) is 15.6. The van der Waals surface area contributed by atoms with Crippen molar-refractivity contribution in [2.75, 3.05) is 6.54 Å². The lowest BCUT2D eigenvalue weighted by Crippen LogP contribution is -2.22. The van der Waals surface area contributed by atoms with Crippen LogP contribution in [0.15, 0.2) is 4.99 Å². The Kier molecular flexibility index (Phi) is 26.5. The molecule has 0 saturated carbocycles. The first kappa shape index (κ1) is 27.1. The van der Waals surface area contributed by atoms with Crippen molar-refractivity contribution in [2.24, 2.45) is 16.5 Å². The highest BCUT2D eigenvalue weighted by Crippen LogP contribution is 2.10. The number of nitrogens with zero attached hydrogens (tertiary/aromatic N) is 1. The molecule has 0 saturated heterocycles. The van der Waals surface area contributed by atoms with Gasteiger partial charge in [-0.05, 0) is 6.42 Å². The number of aliphatic carboxylic acids is 2. The summed E-state index contributed by atoms with van der Waals surface area (Å²) >= 11 is 0. The molecule has 144 valence electrons. The third-order valence-corrected chi connectivity index (χ3v) is 2.81. The van der Waals surface area contributed by atoms with E-state index >= 15 is 0 Å². The molecular formula is C17H37N3O4. The van der Waals surface area contributed by atoms with Crippen LogP contribution >= 0.6 is 0 Å². The molecule has 0 radical (unpaired) electrons. The number of hydrogen-bond donors (Lipinski definition) is 4. The molecule has 0 aromatic rings. The van der Waals surface area contributed by atoms with Gasteiger partial charge in [-0.15, -0.1) is 0 Å². The maximum absolute atomic E-state index is 9.00. The predicted octanol–water partition coefficient (Wildman–Crippen LogP) is 3.36. The molecule has 7 heteroatoms. The SMILES string of the molecule is CC(=O)O.CC(=O)O.CCCCCCCCCCCCN=C(N)N. The van der Waals surface area contributed by atoms with Crippen LogP contribution in [0.5, 0.6) is 0 Å². The van der Waals surface area contributed by atoms with E-state index in [2.05, 4.69) is 11.9 Å². The number of unbranched alkanes of at least 4 members (excludes halogenated alkanes) is 9. The Morgan fingerprint density at radius 1 is 0.750 bits per heavy atom. The van der Waals surface area contributed by atoms with Crippen molar-refractivity contribution >= 4 is 17.9 Å². The number of rotatable bonds is 11. The Morgan fingerprint density at radius 3 is 1.33 bits per heavy atom. The molecule has 0 spiro atoms. The second-order valence-corrected chi connectivity index (χ2v) is 5.53. The van der Waals surface area contributed by atoms with Gasteiger partial charge in [0.15, 0.2) is 5.96 Å². The quantitative estimate of drug-likeness (QED) is 0.257. The molecule has 0 amide bonds. The average molecular weight is 348 g/mol. The number of carbonyl (C=O) groups is 2. The number of carboxylic acid groups (broad SMARTS) is 2. The molecule has 7 nitrogen and oxygen atoms in total. The Balaban J connectivity index is -0.000000457. The molecule has 0 aromatic carbocycles. The normalized spacial score (nSPS) is 8.96. The van der Waals surface area contributed by atoms with Crippen molar-refractivity contribution in [3.05, 3.63) is 0 Å². The van der Waals surface area contributed by atoms with Crippen molar-refractivity contribution in [3.63, 3.8) is 0 Å². The predicted molar refractivity (Wildman–Crippen MR) is 99.1 cm³/mol. The minimum atomic E-state index is -0.833. The lowest BCUT2D eigenvalue weighted by molar-refractivity contribution is -0.135. The van der Waals surface area contributed by atoms with Crippen LogP contribution < -0.4 is 11.5 Å². The monoisotopic (exact) mass is 347 g/mol. The summed E-state index contributed by atoms with van der Waals surface area (Å²) in [4.78, 5) is 22.0. The van der Waals surface area contributed by atoms with Crippen LogP contribution in [0.3, 0.4) is 0 Å². The molecule has 0 unspecified atom stereocenters. The first-order valence-electron chi connectivity index (χ1n) is 8.68. The summed E-state index contributed by atoms with van der Waals surface area (Å²) in [6, 6.07) is 0. The third kappa shape index (κ3) is 59.3. The van der Waals surface area contributed by atoms with Crippen LogP contribution in [0.2, 0.25) is 0 Å². The molecule has 0 aliphatic carbocycles. The summed E-state index contributed by atoms with van der Waals surface area (Å²) < 4.78 is 0. The van der Waals surface area contributed by atoms with E-state index in [4.69, 9.17) is 31.3 Å². The molecule has 6 N–H and O–H groups in total. The van der Waals surface area contributed by atoms with Gasteiger partial charge in [-0.1, -0.05) is 64.7 Å². The zero-order chi connectivity index (χ0) is 19.2. The van der Waals surface area contributed by atoms with Crippen LogP contribution in [0.1, 0.15) is 85.0 Å². The van der Waals surface area contributed by atoms with E-state index in [1.807, 2.05) is 0 Å². The highest BCUT2D eigenvalue weighted by molar-refractivity contribution is 5.75. The lowest BCUT2D eigenvalue weighted by atomic mass is 10.1. The maximum atomic E-state index is 9.00. The molecule has 0 bridgehead atoms. The van der Waals surface area contributed by atoms with Gasteiger partial charge in [-0.2, -0.15) is 0 Å². The van der Waals surface area contributed by atoms with Gasteiger partial charge in [-0.25, -0.2) is 0 Å². The van der Waals surface area contributed by atoms with Gasteiger partial charge in [0.05, 0.1) is 0 Å². The first-order valence-corrected chi connectivity index (χ1v) is 8.68. The van der Waals surface area contributed by atoms with Crippen LogP contribution in [0.25, 0.3) is 0 Å². The van der Waals surface area contributed by atoms with Gasteiger partial charge in [0.1, 0.15) is 0 Å². The van der Waals surface area contributed by atoms with Gasteiger partial charge < -0.3 is 21.7 Å². The van der Waals surface area contributed by atoms with Crippen LogP contribution in [-0.2, 0) is 9.59 Å². The second-order valence-electron chi connectivity index (χ2n) is 5.53. The molecule has 0 aliphatic rings. The number of carboxylic acids is 2. The molecule has 0 heterocycles. The minimum absolute atomic E-state index is 0.218. The summed E-state index contributed by atoms with van der Waals surface area (Å²) in [6.45, 7) is 5.22. The summed E-state index contributed by atoms with van der Waals surface area (Å²) in [5.74, 6) is -1.45. The number of nitrogens with two attached hydrogens (primary N) is 2. The van der Waals surface area contributed by atoms with Gasteiger partial charge in [0, 0.05) is 20.4 Å². The third-order valence-electron chi connectivity index (χ3n) is 2.81. The topological polar surface area (TPSA) is 139 Å². The second kappa shape index (κ2) is 23.5. The summed E-state index contributed by atoms with van der Waals surface area (Å²) in [5, 5.41) is 14.8. The van der Waals surface area contributed by atoms with E-state index in [1.54, 1.807) is 0 Å². The Hall–Kier alpha value is -1.79. The number of hydrogen-bond acceptors (Lipinski definition) is 3. The fourth-order valence-electron chi connectivity index (χ4n) is 1.81. The van der Waals surface area contributed by atoms with Crippen LogP contribution in [0, 0.1) is 0 Å². The zero-order valence-electron chi connectivity index (χ0n) is 15.6. The van der Waals surface area contributed by atoms with Crippen molar-refractivity contribution in [1.82, 2.24) is 0 Å². The average Bonchev–Trinajstić information content (AvgIpc) is 2.43. The minimum Gasteiger partial charge on any atom is -0.481 e. The molecule has 0 atom stereocenters. The van der Waals surface area contributed by atoms with Gasteiger partial charge in [0.2, 0.25) is 0 Å². The van der Waals surface area contributed by atoms with Gasteiger partial charge in [-0.3, -0.25) is 14.6 Å². The lowest BCUT2D eigenvalue weighted by Gasteiger charge is -2.01. The van der Waals surface area contributed by atoms with E-state index in [0.29, 0.717) is 0 Å². The highest BCUT2D eigenvalue weighted by atomic mass is 16.4. The van der Waals surface area contributed by atoms with Crippen molar-refractivity contribution in [1.29, 1.82) is 0 Å². The first-order chi connectivity index (χ1) is 11.2. The van der Waals surface area contributed by atoms with E-state index in [-0.39, 0.29) is 5.96 Å². The summed E-state index contributed by atoms with van der Waals surface area (Å²) in [7, 11) is 0. The Bertz CT molecular complexity index is 297. The molecule has 0 aliphatic heterocycles. The number of aliphatic imine (C=N–C) groups is 1. The largest absolute Gasteiger partial charge is 0.481 e. The van der Waals surface area contributed by atoms with Crippen molar-refractivity contribution < 1.29 is 19.8 Å². The van der Waals surface area contributed by atoms with E-state index in [9.17, 15) is 0 Å². The summed E-state index contributed by atoms with van der Waals surface area (Å²) in [6.07, 6.45) is 13.5. The maximum Gasteiger partial charge on any atom is 0.300 e. The van der Waals surface area contributed by atoms with E-state index in [0.717, 1.165) is 26.8 Å². The van der Waals surface area contributed by atoms with Gasteiger partial charge in [0.25, 0.3) is 11.9 Å². The molecule has 24 heavy (non-hydrogen) atoms. The molecule has 0 aromatic heterocycles. The molecule has 0 rings (SSSR count). The summed E-state index contributed by atoms with van der Waals surface area (Å²) in [5.41, 5.74) is 10.5. The number of guanidine groups is 1. The highest BCUT2D eigenvalue weighted by Gasteiger charge is 1.92. The van der Waals surface area contributed by atoms with Crippen molar-refractivity contribution in [3.8, 4) is 0 Å². The van der Waals surface area contributed by atoms with Crippen LogP contribution in [0.4, 0.5) is 0 Å². The fraction of sp³-hybridized carbons (Fsp3) is 0.824. The van der Waals surface area contributed by atoms with Crippen molar-refractivity contribution in [2.45, 2.75) is 85.0 Å². The fourth-order valence-corrected chi connectivity index (χ4v) is 1.81. The molecule has 0 fully saturated rings. The van der Waals surface area contributed by atoms with Gasteiger partial charge >= 0.3 is 0 Å². The van der Waals surface area contributed by atoms with E-state index in [1.165, 1.54) is 57.8 Å².